The molecule has 0 unspecified atom stereocenters. The molecule has 4 fully saturated rings. The van der Waals surface area contributed by atoms with Crippen LogP contribution in [0.2, 0.25) is 0 Å². The van der Waals surface area contributed by atoms with Gasteiger partial charge < -0.3 is 44.5 Å². The number of ether oxygens (including phenoxy) is 4. The van der Waals surface area contributed by atoms with Crippen LogP contribution in [-0.2, 0) is 28.5 Å². The van der Waals surface area contributed by atoms with Gasteiger partial charge in [0.25, 0.3) is 0 Å². The number of carbonyl (C=O) groups excluding carboxylic acids is 2. The van der Waals surface area contributed by atoms with Crippen LogP contribution in [-0.4, -0.2) is 108 Å². The Morgan fingerprint density at radius 1 is 0.619 bits per heavy atom. The predicted molar refractivity (Wildman–Crippen MR) is 158 cm³/mol. The van der Waals surface area contributed by atoms with Gasteiger partial charge in [-0.25, -0.2) is 0 Å². The van der Waals surface area contributed by atoms with Crippen molar-refractivity contribution in [2.45, 2.75) is 110 Å². The highest BCUT2D eigenvalue weighted by Gasteiger charge is 2.52. The lowest BCUT2D eigenvalue weighted by Crippen LogP contribution is -2.58. The molecule has 0 amide bonds. The maximum atomic E-state index is 10.5. The Morgan fingerprint density at radius 2 is 0.905 bits per heavy atom. The van der Waals surface area contributed by atoms with E-state index in [1.54, 1.807) is 0 Å². The molecule has 2 saturated carbocycles. The fraction of sp³-hybridized carbons (Fsp3) is 0.935. The van der Waals surface area contributed by atoms with Gasteiger partial charge in [-0.05, 0) is 19.3 Å². The second kappa shape index (κ2) is 17.5. The minimum atomic E-state index is -0.667. The van der Waals surface area contributed by atoms with Crippen molar-refractivity contribution in [3.63, 3.8) is 0 Å². The summed E-state index contributed by atoms with van der Waals surface area (Å²) in [5, 5.41) is 45.2. The maximum Gasteiger partial charge on any atom is 1.00 e. The largest absolute Gasteiger partial charge is 1.00 e. The van der Waals surface area contributed by atoms with E-state index in [-0.39, 0.29) is 64.3 Å². The van der Waals surface area contributed by atoms with Gasteiger partial charge in [0.15, 0.2) is 11.6 Å². The summed E-state index contributed by atoms with van der Waals surface area (Å²) in [5.74, 6) is -0.626. The average Bonchev–Trinajstić information content (AvgIpc) is 3.04. The fourth-order valence-electron chi connectivity index (χ4n) is 5.00. The first-order valence-electron chi connectivity index (χ1n) is 15.2. The van der Waals surface area contributed by atoms with Crippen LogP contribution in [0.15, 0.2) is 0 Å². The Labute approximate surface area is 253 Å². The smallest absolute Gasteiger partial charge is 0.396 e. The van der Waals surface area contributed by atoms with E-state index in [0.29, 0.717) is 58.5 Å². The SMILES string of the molecule is C.CCC(CO)(CO)CO.CCC1(CO)COC2(CCC3(CC2)OCC(CC)(CO)CO3)OC1.O=C1CCC(=O)CC1.[H+]. The van der Waals surface area contributed by atoms with E-state index in [1.807, 2.05) is 6.92 Å². The van der Waals surface area contributed by atoms with Gasteiger partial charge in [-0.2, -0.15) is 0 Å². The van der Waals surface area contributed by atoms with Gasteiger partial charge in [0.2, 0.25) is 0 Å². The summed E-state index contributed by atoms with van der Waals surface area (Å²) in [6.07, 6.45) is 7.15. The van der Waals surface area contributed by atoms with E-state index in [9.17, 15) is 19.8 Å². The van der Waals surface area contributed by atoms with Crippen LogP contribution in [0.25, 0.3) is 0 Å². The van der Waals surface area contributed by atoms with Crippen molar-refractivity contribution in [3.8, 4) is 0 Å². The lowest BCUT2D eigenvalue weighted by Gasteiger charge is -2.53. The molecule has 4 aliphatic rings. The van der Waals surface area contributed by atoms with E-state index in [4.69, 9.17) is 34.3 Å². The molecule has 0 aromatic heterocycles. The molecule has 248 valence electrons. The zero-order valence-electron chi connectivity index (χ0n) is 26.3. The van der Waals surface area contributed by atoms with Crippen molar-refractivity contribution in [3.05, 3.63) is 0 Å². The summed E-state index contributed by atoms with van der Waals surface area (Å²) in [4.78, 5) is 20.9. The van der Waals surface area contributed by atoms with Crippen molar-refractivity contribution in [1.29, 1.82) is 0 Å². The Bertz CT molecular complexity index is 692. The van der Waals surface area contributed by atoms with Gasteiger partial charge >= 0.3 is 1.43 Å². The number of ketones is 2. The average molecular weight is 608 g/mol. The summed E-state index contributed by atoms with van der Waals surface area (Å²) in [5.41, 5.74) is -1.19. The fourth-order valence-corrected chi connectivity index (χ4v) is 5.00. The van der Waals surface area contributed by atoms with Crippen LogP contribution >= 0.6 is 0 Å². The molecule has 0 radical (unpaired) electrons. The molecule has 2 aliphatic carbocycles. The van der Waals surface area contributed by atoms with E-state index in [2.05, 4.69) is 13.8 Å². The van der Waals surface area contributed by atoms with Crippen molar-refractivity contribution < 1.29 is 55.5 Å². The number of carbonyl (C=O) groups is 2. The van der Waals surface area contributed by atoms with E-state index in [1.165, 1.54) is 0 Å². The third-order valence-electron chi connectivity index (χ3n) is 9.63. The molecule has 4 rings (SSSR count). The Balaban J connectivity index is 0.000000770. The molecule has 0 aromatic carbocycles. The first-order valence-corrected chi connectivity index (χ1v) is 15.2. The summed E-state index contributed by atoms with van der Waals surface area (Å²) in [6, 6.07) is 0. The summed E-state index contributed by atoms with van der Waals surface area (Å²) in [6.45, 7) is 7.81. The number of Topliss-reactive ketones (excluding diaryl/α,β-unsaturated/α-hetero) is 2. The zero-order valence-corrected chi connectivity index (χ0v) is 25.3. The van der Waals surface area contributed by atoms with Crippen LogP contribution < -0.4 is 0 Å². The molecule has 0 bridgehead atoms. The topological polar surface area (TPSA) is 172 Å². The number of aliphatic hydroxyl groups is 5. The Kier molecular flexibility index (Phi) is 16.2. The summed E-state index contributed by atoms with van der Waals surface area (Å²) >= 11 is 0. The molecule has 11 heteroatoms. The molecular formula is C31H59O11+. The standard InChI is InChI=1S/C18H32O6.C6H14O3.C6H8O2.CH4/c1-3-15(9-19)11-21-17(22-12-15)5-7-18(8-6-17)23-13-16(4-2,10-20)14-24-18;1-2-6(3-7,4-8)5-9;7-5-1-2-6(8)4-3-5;/h19-20H,3-14H2,1-2H3;7-9H,2-5H2,1H3;1-4H2;1H4/p+1. The molecule has 42 heavy (non-hydrogen) atoms. The zero-order chi connectivity index (χ0) is 30.6. The van der Waals surface area contributed by atoms with Crippen LogP contribution in [0.5, 0.6) is 0 Å². The van der Waals surface area contributed by atoms with Crippen LogP contribution in [0, 0.1) is 16.2 Å². The quantitative estimate of drug-likeness (QED) is 0.275. The second-order valence-corrected chi connectivity index (χ2v) is 12.4. The third-order valence-corrected chi connectivity index (χ3v) is 9.63. The van der Waals surface area contributed by atoms with Gasteiger partial charge in [-0.3, -0.25) is 9.59 Å². The van der Waals surface area contributed by atoms with E-state index < -0.39 is 17.0 Å². The molecule has 2 heterocycles. The molecule has 2 spiro atoms. The highest BCUT2D eigenvalue weighted by atomic mass is 16.7. The molecular weight excluding hydrogens is 548 g/mol. The van der Waals surface area contributed by atoms with Gasteiger partial charge in [0, 0.05) is 67.6 Å². The van der Waals surface area contributed by atoms with Crippen LogP contribution in [0.4, 0.5) is 0 Å². The molecule has 5 N–H and O–H groups in total. The van der Waals surface area contributed by atoms with Gasteiger partial charge in [-0.1, -0.05) is 28.2 Å². The van der Waals surface area contributed by atoms with Crippen LogP contribution in [0.3, 0.4) is 0 Å². The maximum absolute atomic E-state index is 10.5. The Hall–Kier alpha value is -1.02. The Morgan fingerprint density at radius 3 is 1.07 bits per heavy atom. The first kappa shape index (κ1) is 39.0. The number of hydrogen-bond donors (Lipinski definition) is 5. The number of rotatable bonds is 8. The number of hydrogen-bond acceptors (Lipinski definition) is 11. The molecule has 2 aliphatic heterocycles. The third kappa shape index (κ3) is 10.0. The molecule has 0 atom stereocenters. The predicted octanol–water partition coefficient (Wildman–Crippen LogP) is 2.63. The summed E-state index contributed by atoms with van der Waals surface area (Å²) < 4.78 is 24.4. The monoisotopic (exact) mass is 607 g/mol. The molecule has 0 aromatic rings. The lowest BCUT2D eigenvalue weighted by molar-refractivity contribution is -0.370. The van der Waals surface area contributed by atoms with Crippen molar-refractivity contribution >= 4 is 11.6 Å². The van der Waals surface area contributed by atoms with Gasteiger partial charge in [0.05, 0.1) is 59.5 Å². The minimum absolute atomic E-state index is 0. The first-order chi connectivity index (χ1) is 19.5. The highest BCUT2D eigenvalue weighted by Crippen LogP contribution is 2.47. The summed E-state index contributed by atoms with van der Waals surface area (Å²) in [7, 11) is 0. The lowest BCUT2D eigenvalue weighted by atomic mass is 9.82. The number of aliphatic hydroxyl groups excluding tert-OH is 5. The molecule has 11 nitrogen and oxygen atoms in total. The van der Waals surface area contributed by atoms with Gasteiger partial charge in [-0.15, -0.1) is 0 Å². The van der Waals surface area contributed by atoms with Crippen LogP contribution in [0.1, 0.15) is 100 Å². The van der Waals surface area contributed by atoms with Crippen molar-refractivity contribution in [1.82, 2.24) is 0 Å². The minimum Gasteiger partial charge on any atom is -0.396 e. The normalized spacial score (nSPS) is 33.2. The van der Waals surface area contributed by atoms with E-state index >= 15 is 0 Å². The van der Waals surface area contributed by atoms with Crippen molar-refractivity contribution in [2.75, 3.05) is 59.5 Å². The van der Waals surface area contributed by atoms with E-state index in [0.717, 1.165) is 38.5 Å². The molecule has 2 saturated heterocycles. The van der Waals surface area contributed by atoms with Crippen molar-refractivity contribution in [2.24, 2.45) is 16.2 Å². The highest BCUT2D eigenvalue weighted by molar-refractivity contribution is 5.92. The second-order valence-electron chi connectivity index (χ2n) is 12.4. The van der Waals surface area contributed by atoms with Gasteiger partial charge in [0.1, 0.15) is 11.6 Å².